The summed E-state index contributed by atoms with van der Waals surface area (Å²) in [5, 5.41) is 17.4. The minimum Gasteiger partial charge on any atom is -0.396 e. The Bertz CT molecular complexity index is 410. The molecule has 2 rings (SSSR count). The Morgan fingerprint density at radius 1 is 1.37 bits per heavy atom. The lowest BCUT2D eigenvalue weighted by Gasteiger charge is -2.17. The average Bonchev–Trinajstić information content (AvgIpc) is 3.19. The van der Waals surface area contributed by atoms with Gasteiger partial charge in [0, 0.05) is 37.5 Å². The SMILES string of the molecule is CCc1nn(C)c(CC)c1CNC(CCO)C1CC1. The summed E-state index contributed by atoms with van der Waals surface area (Å²) < 4.78 is 2.02. The van der Waals surface area contributed by atoms with E-state index in [0.29, 0.717) is 6.04 Å². The predicted molar refractivity (Wildman–Crippen MR) is 77.0 cm³/mol. The van der Waals surface area contributed by atoms with Gasteiger partial charge in [0.15, 0.2) is 0 Å². The third-order valence-corrected chi connectivity index (χ3v) is 4.20. The summed E-state index contributed by atoms with van der Waals surface area (Å²) in [6.07, 6.45) is 5.50. The first-order valence-corrected chi connectivity index (χ1v) is 7.59. The Kier molecular flexibility index (Phi) is 4.99. The molecule has 1 saturated carbocycles. The Morgan fingerprint density at radius 2 is 2.11 bits per heavy atom. The van der Waals surface area contributed by atoms with E-state index in [2.05, 4.69) is 24.3 Å². The van der Waals surface area contributed by atoms with E-state index in [4.69, 9.17) is 5.11 Å². The van der Waals surface area contributed by atoms with Crippen molar-refractivity contribution in [2.75, 3.05) is 6.61 Å². The van der Waals surface area contributed by atoms with Gasteiger partial charge in [0.25, 0.3) is 0 Å². The van der Waals surface area contributed by atoms with Gasteiger partial charge in [0.2, 0.25) is 0 Å². The van der Waals surface area contributed by atoms with E-state index in [0.717, 1.165) is 31.7 Å². The third-order valence-electron chi connectivity index (χ3n) is 4.20. The second kappa shape index (κ2) is 6.53. The summed E-state index contributed by atoms with van der Waals surface area (Å²) >= 11 is 0. The minimum absolute atomic E-state index is 0.280. The van der Waals surface area contributed by atoms with E-state index in [1.807, 2.05) is 11.7 Å². The Balaban J connectivity index is 2.04. The lowest BCUT2D eigenvalue weighted by Crippen LogP contribution is -2.32. The van der Waals surface area contributed by atoms with Gasteiger partial charge < -0.3 is 10.4 Å². The largest absolute Gasteiger partial charge is 0.396 e. The van der Waals surface area contributed by atoms with Gasteiger partial charge in [-0.2, -0.15) is 5.10 Å². The van der Waals surface area contributed by atoms with Gasteiger partial charge in [-0.25, -0.2) is 0 Å². The highest BCUT2D eigenvalue weighted by Crippen LogP contribution is 2.34. The molecule has 0 bridgehead atoms. The first-order valence-electron chi connectivity index (χ1n) is 7.59. The minimum atomic E-state index is 0.280. The molecule has 2 N–H and O–H groups in total. The summed E-state index contributed by atoms with van der Waals surface area (Å²) in [7, 11) is 2.04. The van der Waals surface area contributed by atoms with Crippen LogP contribution in [0, 0.1) is 5.92 Å². The summed E-state index contributed by atoms with van der Waals surface area (Å²) in [6.45, 7) is 5.52. The van der Waals surface area contributed by atoms with Crippen LogP contribution < -0.4 is 5.32 Å². The number of aliphatic hydroxyl groups is 1. The molecule has 0 saturated heterocycles. The molecule has 4 nitrogen and oxygen atoms in total. The molecule has 19 heavy (non-hydrogen) atoms. The molecule has 1 unspecified atom stereocenters. The van der Waals surface area contributed by atoms with Crippen molar-refractivity contribution in [3.63, 3.8) is 0 Å². The zero-order valence-corrected chi connectivity index (χ0v) is 12.4. The Labute approximate surface area is 116 Å². The number of hydrogen-bond acceptors (Lipinski definition) is 3. The molecule has 0 radical (unpaired) electrons. The normalized spacial score (nSPS) is 16.8. The molecular weight excluding hydrogens is 238 g/mol. The van der Waals surface area contributed by atoms with Crippen LogP contribution in [-0.4, -0.2) is 27.5 Å². The van der Waals surface area contributed by atoms with Gasteiger partial charge in [-0.3, -0.25) is 4.68 Å². The number of aliphatic hydroxyl groups excluding tert-OH is 1. The van der Waals surface area contributed by atoms with Gasteiger partial charge >= 0.3 is 0 Å². The zero-order chi connectivity index (χ0) is 13.8. The van der Waals surface area contributed by atoms with Gasteiger partial charge in [-0.1, -0.05) is 13.8 Å². The van der Waals surface area contributed by atoms with Crippen LogP contribution in [-0.2, 0) is 26.4 Å². The summed E-state index contributed by atoms with van der Waals surface area (Å²) in [5.74, 6) is 0.777. The smallest absolute Gasteiger partial charge is 0.0669 e. The van der Waals surface area contributed by atoms with E-state index >= 15 is 0 Å². The third kappa shape index (κ3) is 3.37. The van der Waals surface area contributed by atoms with Crippen molar-refractivity contribution in [1.29, 1.82) is 0 Å². The van der Waals surface area contributed by atoms with Gasteiger partial charge in [0.1, 0.15) is 0 Å². The van der Waals surface area contributed by atoms with Crippen LogP contribution in [0.1, 0.15) is 50.1 Å². The van der Waals surface area contributed by atoms with Gasteiger partial charge in [-0.15, -0.1) is 0 Å². The lowest BCUT2D eigenvalue weighted by atomic mass is 10.1. The van der Waals surface area contributed by atoms with Crippen molar-refractivity contribution < 1.29 is 5.11 Å². The van der Waals surface area contributed by atoms with E-state index in [1.54, 1.807) is 0 Å². The van der Waals surface area contributed by atoms with Crippen LogP contribution in [0.4, 0.5) is 0 Å². The van der Waals surface area contributed by atoms with Crippen LogP contribution in [0.25, 0.3) is 0 Å². The van der Waals surface area contributed by atoms with Crippen molar-refractivity contribution >= 4 is 0 Å². The fourth-order valence-electron chi connectivity index (χ4n) is 2.97. The molecule has 0 amide bonds. The molecule has 1 atom stereocenters. The summed E-state index contributed by atoms with van der Waals surface area (Å²) in [6, 6.07) is 0.472. The van der Waals surface area contributed by atoms with Crippen LogP contribution >= 0.6 is 0 Å². The standard InChI is InChI=1S/C15H27N3O/c1-4-13-12(15(5-2)18(3)17-13)10-16-14(8-9-19)11-6-7-11/h11,14,16,19H,4-10H2,1-3H3. The number of aromatic nitrogens is 2. The molecule has 1 fully saturated rings. The maximum absolute atomic E-state index is 9.16. The van der Waals surface area contributed by atoms with Crippen LogP contribution in [0.5, 0.6) is 0 Å². The number of hydrogen-bond donors (Lipinski definition) is 2. The van der Waals surface area contributed by atoms with Crippen molar-refractivity contribution in [2.24, 2.45) is 13.0 Å². The quantitative estimate of drug-likeness (QED) is 0.753. The zero-order valence-electron chi connectivity index (χ0n) is 12.4. The second-order valence-corrected chi connectivity index (χ2v) is 5.54. The fraction of sp³-hybridized carbons (Fsp3) is 0.800. The van der Waals surface area contributed by atoms with Gasteiger partial charge in [-0.05, 0) is 38.0 Å². The van der Waals surface area contributed by atoms with Crippen molar-refractivity contribution in [3.05, 3.63) is 17.0 Å². The van der Waals surface area contributed by atoms with Crippen molar-refractivity contribution in [2.45, 2.75) is 58.5 Å². The molecule has 1 aromatic heterocycles. The van der Waals surface area contributed by atoms with Crippen molar-refractivity contribution in [3.8, 4) is 0 Å². The number of nitrogens with one attached hydrogen (secondary N) is 1. The number of aryl methyl sites for hydroxylation is 2. The number of nitrogens with zero attached hydrogens (tertiary/aromatic N) is 2. The molecule has 1 heterocycles. The Hall–Kier alpha value is -0.870. The summed E-state index contributed by atoms with van der Waals surface area (Å²) in [4.78, 5) is 0. The highest BCUT2D eigenvalue weighted by Gasteiger charge is 2.30. The van der Waals surface area contributed by atoms with Crippen molar-refractivity contribution in [1.82, 2.24) is 15.1 Å². The molecule has 0 aromatic carbocycles. The van der Waals surface area contributed by atoms with E-state index in [9.17, 15) is 0 Å². The number of rotatable bonds is 8. The molecule has 0 spiro atoms. The topological polar surface area (TPSA) is 50.1 Å². The van der Waals surface area contributed by atoms with E-state index in [-0.39, 0.29) is 6.61 Å². The predicted octanol–water partition coefficient (Wildman–Crippen LogP) is 1.80. The van der Waals surface area contributed by atoms with E-state index < -0.39 is 0 Å². The molecule has 108 valence electrons. The molecule has 4 heteroatoms. The fourth-order valence-corrected chi connectivity index (χ4v) is 2.97. The highest BCUT2D eigenvalue weighted by molar-refractivity contribution is 5.26. The maximum Gasteiger partial charge on any atom is 0.0669 e. The average molecular weight is 265 g/mol. The highest BCUT2D eigenvalue weighted by atomic mass is 16.3. The van der Waals surface area contributed by atoms with Crippen LogP contribution in [0.15, 0.2) is 0 Å². The first kappa shape index (κ1) is 14.5. The second-order valence-electron chi connectivity index (χ2n) is 5.54. The van der Waals surface area contributed by atoms with Gasteiger partial charge in [0.05, 0.1) is 5.69 Å². The molecular formula is C15H27N3O. The molecule has 0 aliphatic heterocycles. The monoisotopic (exact) mass is 265 g/mol. The molecule has 1 aromatic rings. The summed E-state index contributed by atoms with van der Waals surface area (Å²) in [5.41, 5.74) is 3.92. The van der Waals surface area contributed by atoms with E-state index in [1.165, 1.54) is 29.8 Å². The Morgan fingerprint density at radius 3 is 2.63 bits per heavy atom. The first-order chi connectivity index (χ1) is 9.21. The lowest BCUT2D eigenvalue weighted by molar-refractivity contribution is 0.255. The van der Waals surface area contributed by atoms with Crippen LogP contribution in [0.2, 0.25) is 0 Å². The molecule has 1 aliphatic carbocycles. The van der Waals surface area contributed by atoms with Crippen LogP contribution in [0.3, 0.4) is 0 Å². The molecule has 1 aliphatic rings. The maximum atomic E-state index is 9.16.